The number of hydrogen-bond acceptors (Lipinski definition) is 7. The van der Waals surface area contributed by atoms with Gasteiger partial charge >= 0.3 is 5.56 Å². The van der Waals surface area contributed by atoms with E-state index in [4.69, 9.17) is 5.73 Å². The monoisotopic (exact) mass is 428 g/mol. The highest BCUT2D eigenvalue weighted by molar-refractivity contribution is 5.98. The van der Waals surface area contributed by atoms with Crippen molar-refractivity contribution in [3.63, 3.8) is 0 Å². The predicted molar refractivity (Wildman–Crippen MR) is 113 cm³/mol. The summed E-state index contributed by atoms with van der Waals surface area (Å²) in [5.74, 6) is -2.60. The number of aromatic hydroxyl groups is 1. The van der Waals surface area contributed by atoms with Gasteiger partial charge in [0.2, 0.25) is 11.7 Å². The smallest absolute Gasteiger partial charge is 0.301 e. The molecule has 0 radical (unpaired) electrons. The molecular formula is C20H21FN6O4. The normalized spacial score (nSPS) is 10.7. The number of carbonyl (C=O) groups is 2. The van der Waals surface area contributed by atoms with Gasteiger partial charge in [0.15, 0.2) is 11.3 Å². The number of fused-ring (bicyclic) bond motifs is 1. The van der Waals surface area contributed by atoms with Crippen LogP contribution in [0.4, 0.5) is 15.8 Å². The van der Waals surface area contributed by atoms with Crippen molar-refractivity contribution in [1.82, 2.24) is 14.7 Å². The summed E-state index contributed by atoms with van der Waals surface area (Å²) < 4.78 is 14.1. The number of pyridine rings is 1. The van der Waals surface area contributed by atoms with Gasteiger partial charge in [-0.3, -0.25) is 18.8 Å². The van der Waals surface area contributed by atoms with Crippen LogP contribution in [-0.4, -0.2) is 46.9 Å². The molecule has 0 saturated carbocycles. The molecule has 3 rings (SSSR count). The minimum Gasteiger partial charge on any atom is -0.501 e. The van der Waals surface area contributed by atoms with E-state index < -0.39 is 34.6 Å². The summed E-state index contributed by atoms with van der Waals surface area (Å²) in [6, 6.07) is 7.03. The van der Waals surface area contributed by atoms with Crippen molar-refractivity contribution in [3.05, 3.63) is 64.0 Å². The molecule has 0 bridgehead atoms. The van der Waals surface area contributed by atoms with Gasteiger partial charge in [0, 0.05) is 26.8 Å². The van der Waals surface area contributed by atoms with Crippen LogP contribution < -0.4 is 26.8 Å². The number of amides is 2. The summed E-state index contributed by atoms with van der Waals surface area (Å²) in [7, 11) is 3.45. The number of carbonyl (C=O) groups excluding carboxylic acids is 2. The van der Waals surface area contributed by atoms with Gasteiger partial charge in [0.1, 0.15) is 5.82 Å². The summed E-state index contributed by atoms with van der Waals surface area (Å²) in [5.41, 5.74) is 5.22. The fourth-order valence-corrected chi connectivity index (χ4v) is 2.78. The predicted octanol–water partition coefficient (Wildman–Crippen LogP) is 0.432. The van der Waals surface area contributed by atoms with Gasteiger partial charge < -0.3 is 26.4 Å². The van der Waals surface area contributed by atoms with E-state index in [9.17, 15) is 23.9 Å². The van der Waals surface area contributed by atoms with Crippen molar-refractivity contribution in [1.29, 1.82) is 0 Å². The van der Waals surface area contributed by atoms with Gasteiger partial charge in [-0.25, -0.2) is 9.37 Å². The first kappa shape index (κ1) is 21.7. The molecule has 0 aliphatic carbocycles. The Morgan fingerprint density at radius 3 is 2.55 bits per heavy atom. The molecule has 0 spiro atoms. The van der Waals surface area contributed by atoms with Crippen molar-refractivity contribution >= 4 is 28.8 Å². The van der Waals surface area contributed by atoms with E-state index in [-0.39, 0.29) is 24.4 Å². The lowest BCUT2D eigenvalue weighted by molar-refractivity contribution is -0.114. The van der Waals surface area contributed by atoms with Crippen LogP contribution in [0.3, 0.4) is 0 Å². The zero-order valence-corrected chi connectivity index (χ0v) is 16.8. The van der Waals surface area contributed by atoms with Crippen LogP contribution in [0.15, 0.2) is 41.3 Å². The van der Waals surface area contributed by atoms with Crippen molar-refractivity contribution in [2.45, 2.75) is 6.54 Å². The SMILES string of the molecule is CN(C)c1cc(NC(=O)CN)c2nc(C(=O)NCc3ccc(F)cc3)c(O)c(=O)n2c1. The summed E-state index contributed by atoms with van der Waals surface area (Å²) in [6.45, 7) is -0.276. The quantitative estimate of drug-likeness (QED) is 0.446. The van der Waals surface area contributed by atoms with Crippen LogP contribution >= 0.6 is 0 Å². The molecule has 162 valence electrons. The van der Waals surface area contributed by atoms with Gasteiger partial charge in [-0.2, -0.15) is 0 Å². The maximum atomic E-state index is 13.0. The third-order valence-corrected chi connectivity index (χ3v) is 4.44. The van der Waals surface area contributed by atoms with Crippen LogP contribution in [-0.2, 0) is 11.3 Å². The Balaban J connectivity index is 2.04. The van der Waals surface area contributed by atoms with E-state index in [0.29, 0.717) is 11.3 Å². The molecule has 0 aliphatic rings. The van der Waals surface area contributed by atoms with E-state index in [1.165, 1.54) is 30.5 Å². The minimum absolute atomic E-state index is 0.0237. The molecule has 10 nitrogen and oxygen atoms in total. The molecule has 2 amide bonds. The van der Waals surface area contributed by atoms with Crippen molar-refractivity contribution in [2.24, 2.45) is 5.73 Å². The van der Waals surface area contributed by atoms with E-state index in [1.807, 2.05) is 0 Å². The molecule has 2 aromatic heterocycles. The lowest BCUT2D eigenvalue weighted by Gasteiger charge is -2.17. The molecule has 0 unspecified atom stereocenters. The highest BCUT2D eigenvalue weighted by Gasteiger charge is 2.21. The second kappa shape index (κ2) is 8.79. The van der Waals surface area contributed by atoms with E-state index in [1.54, 1.807) is 25.1 Å². The number of halogens is 1. The summed E-state index contributed by atoms with van der Waals surface area (Å²) in [5, 5.41) is 15.4. The van der Waals surface area contributed by atoms with Gasteiger partial charge in [-0.1, -0.05) is 12.1 Å². The summed E-state index contributed by atoms with van der Waals surface area (Å²) >= 11 is 0. The number of anilines is 2. The summed E-state index contributed by atoms with van der Waals surface area (Å²) in [6.07, 6.45) is 1.42. The average molecular weight is 428 g/mol. The first-order valence-electron chi connectivity index (χ1n) is 9.20. The Morgan fingerprint density at radius 2 is 1.94 bits per heavy atom. The van der Waals surface area contributed by atoms with Gasteiger partial charge in [-0.05, 0) is 23.8 Å². The molecule has 31 heavy (non-hydrogen) atoms. The highest BCUT2D eigenvalue weighted by atomic mass is 19.1. The topological polar surface area (TPSA) is 142 Å². The Labute approximate surface area is 176 Å². The average Bonchev–Trinajstić information content (AvgIpc) is 2.75. The van der Waals surface area contributed by atoms with Gasteiger partial charge in [0.25, 0.3) is 5.91 Å². The number of nitrogens with one attached hydrogen (secondary N) is 2. The number of benzene rings is 1. The van der Waals surface area contributed by atoms with Gasteiger partial charge in [-0.15, -0.1) is 0 Å². The Hall–Kier alpha value is -3.99. The maximum absolute atomic E-state index is 13.0. The molecule has 5 N–H and O–H groups in total. The number of nitrogens with zero attached hydrogens (tertiary/aromatic N) is 3. The number of hydrogen-bond donors (Lipinski definition) is 4. The zero-order chi connectivity index (χ0) is 22.7. The second-order valence-electron chi connectivity index (χ2n) is 6.88. The zero-order valence-electron chi connectivity index (χ0n) is 16.8. The van der Waals surface area contributed by atoms with Crippen LogP contribution in [0.2, 0.25) is 0 Å². The maximum Gasteiger partial charge on any atom is 0.301 e. The Kier molecular flexibility index (Phi) is 6.16. The lowest BCUT2D eigenvalue weighted by atomic mass is 10.2. The standard InChI is InChI=1S/C20H21FN6O4/c1-26(2)13-7-14(24-15(28)8-22)18-25-16(17(29)20(31)27(18)10-13)19(30)23-9-11-3-5-12(21)6-4-11/h3-7,10,29H,8-9,22H2,1-2H3,(H,23,30)(H,24,28). The first-order valence-corrected chi connectivity index (χ1v) is 9.20. The molecular weight excluding hydrogens is 407 g/mol. The fraction of sp³-hybridized carbons (Fsp3) is 0.200. The number of nitrogens with two attached hydrogens (primary N) is 1. The molecule has 11 heteroatoms. The highest BCUT2D eigenvalue weighted by Crippen LogP contribution is 2.23. The lowest BCUT2D eigenvalue weighted by Crippen LogP contribution is -2.29. The number of rotatable bonds is 6. The third kappa shape index (κ3) is 4.61. The third-order valence-electron chi connectivity index (χ3n) is 4.44. The molecule has 2 heterocycles. The van der Waals surface area contributed by atoms with E-state index in [0.717, 1.165) is 4.40 Å². The summed E-state index contributed by atoms with van der Waals surface area (Å²) in [4.78, 5) is 43.0. The molecule has 1 aromatic carbocycles. The first-order chi connectivity index (χ1) is 14.7. The van der Waals surface area contributed by atoms with Crippen LogP contribution in [0.1, 0.15) is 16.1 Å². The molecule has 0 aliphatic heterocycles. The van der Waals surface area contributed by atoms with Crippen LogP contribution in [0.25, 0.3) is 5.65 Å². The molecule has 0 fully saturated rings. The van der Waals surface area contributed by atoms with Crippen molar-refractivity contribution in [3.8, 4) is 5.75 Å². The van der Waals surface area contributed by atoms with Crippen molar-refractivity contribution < 1.29 is 19.1 Å². The van der Waals surface area contributed by atoms with Gasteiger partial charge in [0.05, 0.1) is 17.9 Å². The van der Waals surface area contributed by atoms with E-state index >= 15 is 0 Å². The van der Waals surface area contributed by atoms with Crippen LogP contribution in [0.5, 0.6) is 5.75 Å². The molecule has 0 atom stereocenters. The number of aromatic nitrogens is 2. The minimum atomic E-state index is -0.885. The molecule has 0 saturated heterocycles. The Bertz CT molecular complexity index is 1210. The second-order valence-corrected chi connectivity index (χ2v) is 6.88. The molecule has 3 aromatic rings. The van der Waals surface area contributed by atoms with Crippen molar-refractivity contribution in [2.75, 3.05) is 30.9 Å². The van der Waals surface area contributed by atoms with Crippen LogP contribution in [0, 0.1) is 5.82 Å². The fourth-order valence-electron chi connectivity index (χ4n) is 2.78. The van der Waals surface area contributed by atoms with E-state index in [2.05, 4.69) is 15.6 Å². The Morgan fingerprint density at radius 1 is 1.26 bits per heavy atom. The largest absolute Gasteiger partial charge is 0.501 e.